The number of carboxylic acid groups (broad SMARTS) is 1. The van der Waals surface area contributed by atoms with E-state index in [4.69, 9.17) is 5.11 Å². The summed E-state index contributed by atoms with van der Waals surface area (Å²) in [5.74, 6) is -1.48. The summed E-state index contributed by atoms with van der Waals surface area (Å²) >= 11 is 0. The molecule has 1 aromatic rings. The molecule has 0 aliphatic carbocycles. The molecule has 0 aliphatic rings. The summed E-state index contributed by atoms with van der Waals surface area (Å²) in [4.78, 5) is 25.3. The molecule has 1 N–H and O–H groups in total. The Morgan fingerprint density at radius 3 is 2.70 bits per heavy atom. The normalized spacial score (nSPS) is 9.90. The van der Waals surface area contributed by atoms with Crippen LogP contribution in [0, 0.1) is 5.82 Å². The fourth-order valence-electron chi connectivity index (χ4n) is 1.75. The second-order valence-corrected chi connectivity index (χ2v) is 4.33. The van der Waals surface area contributed by atoms with Gasteiger partial charge >= 0.3 is 12.0 Å². The van der Waals surface area contributed by atoms with Crippen LogP contribution in [0.5, 0.6) is 0 Å². The molecular weight excluding hydrogens is 263 g/mol. The lowest BCUT2D eigenvalue weighted by Gasteiger charge is -2.26. The van der Waals surface area contributed by atoms with Gasteiger partial charge in [-0.25, -0.2) is 9.18 Å². The van der Waals surface area contributed by atoms with E-state index in [-0.39, 0.29) is 18.9 Å². The Bertz CT molecular complexity index is 505. The van der Waals surface area contributed by atoms with Gasteiger partial charge in [0.2, 0.25) is 0 Å². The highest BCUT2D eigenvalue weighted by atomic mass is 19.1. The first-order valence-electron chi connectivity index (χ1n) is 6.01. The SMILES string of the molecule is C=CCN(CC(=O)O)C(=O)N(C)Cc1cccc(F)c1. The Hall–Kier alpha value is -2.37. The third-order valence-corrected chi connectivity index (χ3v) is 2.58. The summed E-state index contributed by atoms with van der Waals surface area (Å²) < 4.78 is 13.1. The van der Waals surface area contributed by atoms with Gasteiger partial charge in [0.25, 0.3) is 0 Å². The molecule has 0 radical (unpaired) electrons. The van der Waals surface area contributed by atoms with Crippen LogP contribution in [0.3, 0.4) is 0 Å². The highest BCUT2D eigenvalue weighted by Crippen LogP contribution is 2.08. The lowest BCUT2D eigenvalue weighted by Crippen LogP contribution is -2.43. The van der Waals surface area contributed by atoms with Crippen molar-refractivity contribution in [2.45, 2.75) is 6.54 Å². The average molecular weight is 280 g/mol. The number of carbonyl (C=O) groups excluding carboxylic acids is 1. The number of nitrogens with zero attached hydrogens (tertiary/aromatic N) is 2. The molecule has 0 aliphatic heterocycles. The molecule has 6 heteroatoms. The Balaban J connectivity index is 2.73. The van der Waals surface area contributed by atoms with E-state index >= 15 is 0 Å². The van der Waals surface area contributed by atoms with Crippen LogP contribution in [0.1, 0.15) is 5.56 Å². The van der Waals surface area contributed by atoms with E-state index in [2.05, 4.69) is 6.58 Å². The van der Waals surface area contributed by atoms with Gasteiger partial charge in [0.1, 0.15) is 12.4 Å². The first-order valence-corrected chi connectivity index (χ1v) is 6.01. The molecule has 0 heterocycles. The Morgan fingerprint density at radius 2 is 2.15 bits per heavy atom. The number of carboxylic acids is 1. The van der Waals surface area contributed by atoms with E-state index in [0.717, 1.165) is 4.90 Å². The van der Waals surface area contributed by atoms with Crippen LogP contribution >= 0.6 is 0 Å². The number of rotatable bonds is 6. The van der Waals surface area contributed by atoms with E-state index < -0.39 is 18.5 Å². The molecule has 1 aromatic carbocycles. The van der Waals surface area contributed by atoms with Crippen LogP contribution in [0.25, 0.3) is 0 Å². The van der Waals surface area contributed by atoms with E-state index in [1.807, 2.05) is 0 Å². The maximum Gasteiger partial charge on any atom is 0.323 e. The molecule has 0 saturated heterocycles. The molecule has 20 heavy (non-hydrogen) atoms. The molecule has 5 nitrogen and oxygen atoms in total. The number of halogens is 1. The molecule has 0 atom stereocenters. The van der Waals surface area contributed by atoms with E-state index in [0.29, 0.717) is 5.56 Å². The average Bonchev–Trinajstić information content (AvgIpc) is 2.36. The fourth-order valence-corrected chi connectivity index (χ4v) is 1.75. The van der Waals surface area contributed by atoms with Crippen molar-refractivity contribution < 1.29 is 19.1 Å². The zero-order valence-electron chi connectivity index (χ0n) is 11.3. The lowest BCUT2D eigenvalue weighted by molar-refractivity contribution is -0.137. The van der Waals surface area contributed by atoms with Gasteiger partial charge in [-0.1, -0.05) is 18.2 Å². The molecule has 0 fully saturated rings. The van der Waals surface area contributed by atoms with Crippen molar-refractivity contribution in [3.8, 4) is 0 Å². The molecule has 0 aromatic heterocycles. The van der Waals surface area contributed by atoms with Gasteiger partial charge in [0, 0.05) is 20.1 Å². The van der Waals surface area contributed by atoms with Gasteiger partial charge in [0.15, 0.2) is 0 Å². The predicted molar refractivity (Wildman–Crippen MR) is 72.7 cm³/mol. The summed E-state index contributed by atoms with van der Waals surface area (Å²) in [5, 5.41) is 8.77. The number of aliphatic carboxylic acids is 1. The molecule has 108 valence electrons. The van der Waals surface area contributed by atoms with Crippen molar-refractivity contribution in [3.05, 3.63) is 48.3 Å². The maximum atomic E-state index is 13.1. The lowest BCUT2D eigenvalue weighted by atomic mass is 10.2. The topological polar surface area (TPSA) is 60.9 Å². The number of amides is 2. The van der Waals surface area contributed by atoms with Crippen LogP contribution in [-0.4, -0.2) is 47.0 Å². The van der Waals surface area contributed by atoms with Crippen molar-refractivity contribution in [2.75, 3.05) is 20.1 Å². The molecule has 1 rings (SSSR count). The van der Waals surface area contributed by atoms with Gasteiger partial charge in [-0.15, -0.1) is 6.58 Å². The number of hydrogen-bond donors (Lipinski definition) is 1. The molecule has 0 saturated carbocycles. The number of carbonyl (C=O) groups is 2. The van der Waals surface area contributed by atoms with Gasteiger partial charge in [0.05, 0.1) is 0 Å². The van der Waals surface area contributed by atoms with Crippen molar-refractivity contribution in [1.29, 1.82) is 0 Å². The van der Waals surface area contributed by atoms with Crippen LogP contribution < -0.4 is 0 Å². The summed E-state index contributed by atoms with van der Waals surface area (Å²) in [6.45, 7) is 3.42. The minimum Gasteiger partial charge on any atom is -0.480 e. The second-order valence-electron chi connectivity index (χ2n) is 4.33. The van der Waals surface area contributed by atoms with Gasteiger partial charge in [-0.05, 0) is 17.7 Å². The van der Waals surface area contributed by atoms with Crippen molar-refractivity contribution in [3.63, 3.8) is 0 Å². The third-order valence-electron chi connectivity index (χ3n) is 2.58. The zero-order valence-corrected chi connectivity index (χ0v) is 11.3. The number of hydrogen-bond acceptors (Lipinski definition) is 2. The summed E-state index contributed by atoms with van der Waals surface area (Å²) in [7, 11) is 1.53. The Kier molecular flexibility index (Phi) is 5.71. The molecule has 0 spiro atoms. The molecule has 0 bridgehead atoms. The minimum absolute atomic E-state index is 0.138. The van der Waals surface area contributed by atoms with Crippen LogP contribution in [-0.2, 0) is 11.3 Å². The van der Waals surface area contributed by atoms with Crippen molar-refractivity contribution in [2.24, 2.45) is 0 Å². The highest BCUT2D eigenvalue weighted by Gasteiger charge is 2.19. The zero-order chi connectivity index (χ0) is 15.1. The smallest absolute Gasteiger partial charge is 0.323 e. The highest BCUT2D eigenvalue weighted by molar-refractivity contribution is 5.80. The third kappa shape index (κ3) is 4.72. The predicted octanol–water partition coefficient (Wildman–Crippen LogP) is 1.95. The van der Waals surface area contributed by atoms with Crippen LogP contribution in [0.4, 0.5) is 9.18 Å². The Morgan fingerprint density at radius 1 is 1.45 bits per heavy atom. The van der Waals surface area contributed by atoms with Crippen LogP contribution in [0.15, 0.2) is 36.9 Å². The summed E-state index contributed by atoms with van der Waals surface area (Å²) in [6.07, 6.45) is 1.46. The second kappa shape index (κ2) is 7.28. The number of urea groups is 1. The van der Waals surface area contributed by atoms with E-state index in [9.17, 15) is 14.0 Å². The summed E-state index contributed by atoms with van der Waals surface area (Å²) in [5.41, 5.74) is 0.634. The monoisotopic (exact) mass is 280 g/mol. The minimum atomic E-state index is -1.10. The molecular formula is C14H17FN2O3. The Labute approximate surface area is 116 Å². The van der Waals surface area contributed by atoms with Gasteiger partial charge in [-0.3, -0.25) is 4.79 Å². The first kappa shape index (κ1) is 15.7. The van der Waals surface area contributed by atoms with Crippen molar-refractivity contribution in [1.82, 2.24) is 9.80 Å². The quantitative estimate of drug-likeness (QED) is 0.810. The summed E-state index contributed by atoms with van der Waals surface area (Å²) in [6, 6.07) is 5.46. The molecule has 0 unspecified atom stereocenters. The van der Waals surface area contributed by atoms with Crippen LogP contribution in [0.2, 0.25) is 0 Å². The molecule has 2 amide bonds. The van der Waals surface area contributed by atoms with Crippen molar-refractivity contribution >= 4 is 12.0 Å². The standard InChI is InChI=1S/C14H17FN2O3/c1-3-7-17(10-13(18)19)14(20)16(2)9-11-5-4-6-12(15)8-11/h3-6,8H,1,7,9-10H2,2H3,(H,18,19). The van der Waals surface area contributed by atoms with E-state index in [1.165, 1.54) is 30.2 Å². The van der Waals surface area contributed by atoms with E-state index in [1.54, 1.807) is 12.1 Å². The number of benzene rings is 1. The largest absolute Gasteiger partial charge is 0.480 e. The fraction of sp³-hybridized carbons (Fsp3) is 0.286. The first-order chi connectivity index (χ1) is 9.43. The maximum absolute atomic E-state index is 13.1. The van der Waals surface area contributed by atoms with Gasteiger partial charge in [-0.2, -0.15) is 0 Å². The van der Waals surface area contributed by atoms with Gasteiger partial charge < -0.3 is 14.9 Å².